The Hall–Kier alpha value is -2.94. The van der Waals surface area contributed by atoms with E-state index in [1.54, 1.807) is 6.92 Å². The summed E-state index contributed by atoms with van der Waals surface area (Å²) in [7, 11) is 0. The Morgan fingerprint density at radius 1 is 1.38 bits per heavy atom. The number of benzene rings is 1. The summed E-state index contributed by atoms with van der Waals surface area (Å²) < 4.78 is 14.4. The predicted octanol–water partition coefficient (Wildman–Crippen LogP) is 1.91. The maximum Gasteiger partial charge on any atom is 0.341 e. The molecule has 0 saturated heterocycles. The van der Waals surface area contributed by atoms with Crippen molar-refractivity contribution < 1.29 is 14.3 Å². The molecule has 2 rings (SSSR count). The van der Waals surface area contributed by atoms with Gasteiger partial charge in [0, 0.05) is 5.69 Å². The second-order valence-corrected chi connectivity index (χ2v) is 4.50. The number of carboxylic acid groups (broad SMARTS) is 1. The van der Waals surface area contributed by atoms with Gasteiger partial charge in [-0.25, -0.2) is 9.18 Å². The highest BCUT2D eigenvalue weighted by Gasteiger charge is 2.14. The van der Waals surface area contributed by atoms with E-state index in [4.69, 9.17) is 10.4 Å². The molecular weight excluding hydrogens is 275 g/mol. The third-order valence-corrected chi connectivity index (χ3v) is 3.14. The van der Waals surface area contributed by atoms with Crippen molar-refractivity contribution in [2.24, 2.45) is 0 Å². The lowest BCUT2D eigenvalue weighted by atomic mass is 10.1. The van der Waals surface area contributed by atoms with Gasteiger partial charge in [0.1, 0.15) is 11.4 Å². The van der Waals surface area contributed by atoms with E-state index in [1.807, 2.05) is 6.07 Å². The van der Waals surface area contributed by atoms with Gasteiger partial charge in [0.15, 0.2) is 0 Å². The minimum absolute atomic E-state index is 0.00889. The summed E-state index contributed by atoms with van der Waals surface area (Å²) in [5.41, 5.74) is 0.115. The van der Waals surface area contributed by atoms with E-state index in [0.717, 1.165) is 6.07 Å². The molecule has 1 N–H and O–H groups in total. The summed E-state index contributed by atoms with van der Waals surface area (Å²) in [4.78, 5) is 23.1. The number of carbonyl (C=O) groups is 1. The molecule has 0 aliphatic carbocycles. The van der Waals surface area contributed by atoms with Gasteiger partial charge in [-0.3, -0.25) is 4.79 Å². The maximum absolute atomic E-state index is 13.1. The van der Waals surface area contributed by atoms with Crippen LogP contribution in [0, 0.1) is 24.1 Å². The van der Waals surface area contributed by atoms with E-state index in [9.17, 15) is 14.0 Å². The number of halogens is 1. The molecule has 0 aliphatic rings. The van der Waals surface area contributed by atoms with Crippen LogP contribution in [0.3, 0.4) is 0 Å². The normalized spacial score (nSPS) is 10.1. The van der Waals surface area contributed by atoms with Gasteiger partial charge < -0.3 is 9.67 Å². The molecule has 0 fully saturated rings. The summed E-state index contributed by atoms with van der Waals surface area (Å²) in [6, 6.07) is 8.30. The Kier molecular flexibility index (Phi) is 3.85. The smallest absolute Gasteiger partial charge is 0.341 e. The summed E-state index contributed by atoms with van der Waals surface area (Å²) in [6.45, 7) is 1.66. The molecule has 1 aromatic carbocycles. The van der Waals surface area contributed by atoms with E-state index in [-0.39, 0.29) is 17.7 Å². The van der Waals surface area contributed by atoms with Crippen molar-refractivity contribution in [2.45, 2.75) is 13.5 Å². The van der Waals surface area contributed by atoms with Gasteiger partial charge in [-0.2, -0.15) is 5.26 Å². The van der Waals surface area contributed by atoms with Crippen molar-refractivity contribution >= 4 is 5.97 Å². The first-order valence-electron chi connectivity index (χ1n) is 6.06. The largest absolute Gasteiger partial charge is 0.477 e. The topological polar surface area (TPSA) is 83.1 Å². The van der Waals surface area contributed by atoms with Gasteiger partial charge in [0.25, 0.3) is 5.56 Å². The van der Waals surface area contributed by atoms with Crippen molar-refractivity contribution in [2.75, 3.05) is 0 Å². The average molecular weight is 286 g/mol. The number of rotatable bonds is 3. The summed E-state index contributed by atoms with van der Waals surface area (Å²) in [5, 5.41) is 18.0. The molecule has 0 bridgehead atoms. The van der Waals surface area contributed by atoms with E-state index >= 15 is 0 Å². The third kappa shape index (κ3) is 2.82. The predicted molar refractivity (Wildman–Crippen MR) is 72.6 cm³/mol. The van der Waals surface area contributed by atoms with Crippen molar-refractivity contribution in [3.63, 3.8) is 0 Å². The fraction of sp³-hybridized carbons (Fsp3) is 0.133. The SMILES string of the molecule is Cc1ccc(C(=O)O)c(=O)n1Cc1ccc(F)cc1C#N. The number of pyridine rings is 1. The third-order valence-electron chi connectivity index (χ3n) is 3.14. The van der Waals surface area contributed by atoms with Crippen LogP contribution >= 0.6 is 0 Å². The summed E-state index contributed by atoms with van der Waals surface area (Å²) in [5.74, 6) is -1.85. The minimum Gasteiger partial charge on any atom is -0.477 e. The first kappa shape index (κ1) is 14.5. The van der Waals surface area contributed by atoms with Crippen LogP contribution in [0.25, 0.3) is 0 Å². The van der Waals surface area contributed by atoms with Gasteiger partial charge in [0.05, 0.1) is 18.2 Å². The first-order chi connectivity index (χ1) is 9.93. The lowest BCUT2D eigenvalue weighted by Crippen LogP contribution is -2.28. The second kappa shape index (κ2) is 5.59. The molecule has 0 atom stereocenters. The quantitative estimate of drug-likeness (QED) is 0.934. The molecule has 0 radical (unpaired) electrons. The minimum atomic E-state index is -1.31. The number of nitriles is 1. The van der Waals surface area contributed by atoms with Crippen LogP contribution in [-0.4, -0.2) is 15.6 Å². The fourth-order valence-electron chi connectivity index (χ4n) is 1.99. The molecule has 0 amide bonds. The molecule has 0 saturated carbocycles. The molecular formula is C15H11FN2O3. The molecule has 21 heavy (non-hydrogen) atoms. The molecule has 6 heteroatoms. The number of hydrogen-bond donors (Lipinski definition) is 1. The number of aryl methyl sites for hydroxylation is 1. The van der Waals surface area contributed by atoms with Crippen LogP contribution in [0.5, 0.6) is 0 Å². The Morgan fingerprint density at radius 3 is 2.71 bits per heavy atom. The average Bonchev–Trinajstić information content (AvgIpc) is 2.44. The van der Waals surface area contributed by atoms with Crippen LogP contribution in [0.4, 0.5) is 4.39 Å². The standard InChI is InChI=1S/C15H11FN2O3/c1-9-2-5-13(15(20)21)14(19)18(9)8-10-3-4-12(16)6-11(10)7-17/h2-6H,8H2,1H3,(H,20,21). The Morgan fingerprint density at radius 2 is 2.10 bits per heavy atom. The molecule has 2 aromatic rings. The van der Waals surface area contributed by atoms with Crippen molar-refractivity contribution in [1.29, 1.82) is 5.26 Å². The van der Waals surface area contributed by atoms with Crippen LogP contribution in [0.1, 0.15) is 27.2 Å². The zero-order valence-electron chi connectivity index (χ0n) is 11.1. The van der Waals surface area contributed by atoms with Crippen molar-refractivity contribution in [3.05, 3.63) is 68.9 Å². The number of nitrogens with zero attached hydrogens (tertiary/aromatic N) is 2. The molecule has 106 valence electrons. The van der Waals surface area contributed by atoms with Crippen molar-refractivity contribution in [1.82, 2.24) is 4.57 Å². The van der Waals surface area contributed by atoms with Crippen LogP contribution in [-0.2, 0) is 6.54 Å². The second-order valence-electron chi connectivity index (χ2n) is 4.50. The summed E-state index contributed by atoms with van der Waals surface area (Å²) >= 11 is 0. The van der Waals surface area contributed by atoms with E-state index in [1.165, 1.54) is 28.8 Å². The summed E-state index contributed by atoms with van der Waals surface area (Å²) in [6.07, 6.45) is 0. The molecule has 0 unspecified atom stereocenters. The molecule has 1 heterocycles. The van der Waals surface area contributed by atoms with Crippen LogP contribution in [0.2, 0.25) is 0 Å². The lowest BCUT2D eigenvalue weighted by Gasteiger charge is -2.12. The molecule has 0 spiro atoms. The van der Waals surface area contributed by atoms with Crippen LogP contribution < -0.4 is 5.56 Å². The highest BCUT2D eigenvalue weighted by Crippen LogP contribution is 2.12. The van der Waals surface area contributed by atoms with Gasteiger partial charge in [-0.15, -0.1) is 0 Å². The molecule has 5 nitrogen and oxygen atoms in total. The fourth-order valence-corrected chi connectivity index (χ4v) is 1.99. The monoisotopic (exact) mass is 286 g/mol. The molecule has 0 aliphatic heterocycles. The van der Waals surface area contributed by atoms with Gasteiger partial charge in [-0.05, 0) is 36.8 Å². The lowest BCUT2D eigenvalue weighted by molar-refractivity contribution is 0.0694. The highest BCUT2D eigenvalue weighted by atomic mass is 19.1. The Labute approximate surface area is 119 Å². The Bertz CT molecular complexity index is 819. The number of carboxylic acids is 1. The van der Waals surface area contributed by atoms with Gasteiger partial charge in [0.2, 0.25) is 0 Å². The van der Waals surface area contributed by atoms with E-state index in [2.05, 4.69) is 0 Å². The van der Waals surface area contributed by atoms with E-state index < -0.39 is 17.3 Å². The van der Waals surface area contributed by atoms with Gasteiger partial charge in [-0.1, -0.05) is 6.07 Å². The zero-order chi connectivity index (χ0) is 15.6. The number of hydrogen-bond acceptors (Lipinski definition) is 3. The van der Waals surface area contributed by atoms with E-state index in [0.29, 0.717) is 11.3 Å². The number of aromatic nitrogens is 1. The zero-order valence-corrected chi connectivity index (χ0v) is 11.1. The highest BCUT2D eigenvalue weighted by molar-refractivity contribution is 5.87. The van der Waals surface area contributed by atoms with Crippen molar-refractivity contribution in [3.8, 4) is 6.07 Å². The number of aromatic carboxylic acids is 1. The first-order valence-corrected chi connectivity index (χ1v) is 6.06. The van der Waals surface area contributed by atoms with Crippen LogP contribution in [0.15, 0.2) is 35.1 Å². The Balaban J connectivity index is 2.55. The maximum atomic E-state index is 13.1. The van der Waals surface area contributed by atoms with Gasteiger partial charge >= 0.3 is 5.97 Å². The molecule has 1 aromatic heterocycles.